The van der Waals surface area contributed by atoms with Crippen LogP contribution in [0.25, 0.3) is 0 Å². The summed E-state index contributed by atoms with van der Waals surface area (Å²) in [5.41, 5.74) is 5.69. The molecule has 0 fully saturated rings. The Morgan fingerprint density at radius 1 is 1.45 bits per heavy atom. The Morgan fingerprint density at radius 3 is 3.00 bits per heavy atom. The van der Waals surface area contributed by atoms with Crippen molar-refractivity contribution in [3.05, 3.63) is 46.2 Å². The molecule has 0 spiro atoms. The largest absolute Gasteiger partial charge is 0.491 e. The third-order valence-electron chi connectivity index (χ3n) is 2.33. The number of hydrogen-bond acceptors (Lipinski definition) is 6. The van der Waals surface area contributed by atoms with Crippen molar-refractivity contribution in [2.24, 2.45) is 0 Å². The molecule has 0 aliphatic heterocycles. The fraction of sp³-hybridized carbons (Fsp3) is 0.154. The molecule has 1 aromatic carbocycles. The normalized spacial score (nSPS) is 9.95. The molecule has 6 nitrogen and oxygen atoms in total. The highest BCUT2D eigenvalue weighted by atomic mass is 32.2. The highest BCUT2D eigenvalue weighted by molar-refractivity contribution is 7.99. The molecule has 3 N–H and O–H groups in total. The Morgan fingerprint density at radius 2 is 2.25 bits per heavy atom. The van der Waals surface area contributed by atoms with Crippen LogP contribution in [0.4, 0.5) is 5.82 Å². The number of nitrogens with zero attached hydrogens (tertiary/aromatic N) is 2. The summed E-state index contributed by atoms with van der Waals surface area (Å²) in [6, 6.07) is 10.3. The highest BCUT2D eigenvalue weighted by Gasteiger charge is 2.03. The van der Waals surface area contributed by atoms with Crippen molar-refractivity contribution in [2.45, 2.75) is 5.16 Å². The zero-order valence-electron chi connectivity index (χ0n) is 10.5. The molecule has 1 heterocycles. The Balaban J connectivity index is 1.88. The summed E-state index contributed by atoms with van der Waals surface area (Å²) >= 11 is 1.33. The standard InChI is InChI=1S/C13H12N4O2S/c14-8-9-3-1-2-4-10(9)19-5-6-20-13-16-11(15)7-12(18)17-13/h1-4,7H,5-6H2,(H3,15,16,17,18). The summed E-state index contributed by atoms with van der Waals surface area (Å²) in [6.07, 6.45) is 0. The van der Waals surface area contributed by atoms with Gasteiger partial charge in [0.25, 0.3) is 5.56 Å². The zero-order valence-corrected chi connectivity index (χ0v) is 11.3. The summed E-state index contributed by atoms with van der Waals surface area (Å²) in [7, 11) is 0. The molecule has 0 aliphatic carbocycles. The lowest BCUT2D eigenvalue weighted by Crippen LogP contribution is -2.10. The van der Waals surface area contributed by atoms with Crippen LogP contribution in [0.3, 0.4) is 0 Å². The van der Waals surface area contributed by atoms with Gasteiger partial charge in [0.15, 0.2) is 5.16 Å². The van der Waals surface area contributed by atoms with E-state index in [4.69, 9.17) is 15.7 Å². The smallest absolute Gasteiger partial charge is 0.253 e. The lowest BCUT2D eigenvalue weighted by atomic mass is 10.2. The van der Waals surface area contributed by atoms with Gasteiger partial charge in [0.05, 0.1) is 12.2 Å². The predicted molar refractivity (Wildman–Crippen MR) is 76.6 cm³/mol. The van der Waals surface area contributed by atoms with Crippen LogP contribution < -0.4 is 16.0 Å². The van der Waals surface area contributed by atoms with Gasteiger partial charge in [-0.25, -0.2) is 4.98 Å². The number of H-pyrrole nitrogens is 1. The number of anilines is 1. The fourth-order valence-electron chi connectivity index (χ4n) is 1.50. The molecular weight excluding hydrogens is 276 g/mol. The lowest BCUT2D eigenvalue weighted by molar-refractivity contribution is 0.343. The van der Waals surface area contributed by atoms with E-state index in [1.54, 1.807) is 24.3 Å². The Bertz CT molecular complexity index is 693. The summed E-state index contributed by atoms with van der Waals surface area (Å²) in [5.74, 6) is 1.31. The second-order valence-electron chi connectivity index (χ2n) is 3.78. The van der Waals surface area contributed by atoms with E-state index >= 15 is 0 Å². The van der Waals surface area contributed by atoms with Crippen LogP contribution in [-0.4, -0.2) is 22.3 Å². The molecular formula is C13H12N4O2S. The number of ether oxygens (including phenoxy) is 1. The quantitative estimate of drug-likeness (QED) is 0.489. The van der Waals surface area contributed by atoms with Crippen LogP contribution >= 0.6 is 11.8 Å². The average Bonchev–Trinajstić information content (AvgIpc) is 2.43. The van der Waals surface area contributed by atoms with Crippen molar-refractivity contribution in [3.63, 3.8) is 0 Å². The van der Waals surface area contributed by atoms with Crippen LogP contribution in [0.5, 0.6) is 5.75 Å². The molecule has 1 aromatic heterocycles. The highest BCUT2D eigenvalue weighted by Crippen LogP contribution is 2.18. The van der Waals surface area contributed by atoms with E-state index in [-0.39, 0.29) is 11.4 Å². The molecule has 20 heavy (non-hydrogen) atoms. The summed E-state index contributed by atoms with van der Waals surface area (Å²) in [6.45, 7) is 0.391. The SMILES string of the molecule is N#Cc1ccccc1OCCSc1nc(N)cc(=O)[nH]1. The molecule has 0 atom stereocenters. The van der Waals surface area contributed by atoms with Gasteiger partial charge in [-0.2, -0.15) is 5.26 Å². The van der Waals surface area contributed by atoms with E-state index in [1.165, 1.54) is 17.8 Å². The van der Waals surface area contributed by atoms with Gasteiger partial charge in [-0.15, -0.1) is 0 Å². The predicted octanol–water partition coefficient (Wildman–Crippen LogP) is 1.39. The van der Waals surface area contributed by atoms with Crippen molar-refractivity contribution in [2.75, 3.05) is 18.1 Å². The minimum atomic E-state index is -0.282. The number of nitrogens with two attached hydrogens (primary N) is 1. The number of hydrogen-bond donors (Lipinski definition) is 2. The van der Waals surface area contributed by atoms with Crippen molar-refractivity contribution >= 4 is 17.6 Å². The van der Waals surface area contributed by atoms with Crippen LogP contribution in [0.2, 0.25) is 0 Å². The maximum Gasteiger partial charge on any atom is 0.253 e. The molecule has 0 saturated heterocycles. The molecule has 2 aromatic rings. The van der Waals surface area contributed by atoms with Gasteiger partial charge in [-0.05, 0) is 12.1 Å². The van der Waals surface area contributed by atoms with Crippen LogP contribution in [-0.2, 0) is 0 Å². The van der Waals surface area contributed by atoms with Crippen molar-refractivity contribution in [1.82, 2.24) is 9.97 Å². The molecule has 7 heteroatoms. The number of rotatable bonds is 5. The van der Waals surface area contributed by atoms with Crippen LogP contribution in [0.1, 0.15) is 5.56 Å². The number of nitrogens with one attached hydrogen (secondary N) is 1. The van der Waals surface area contributed by atoms with Gasteiger partial charge in [0.1, 0.15) is 17.6 Å². The lowest BCUT2D eigenvalue weighted by Gasteiger charge is -2.07. The second kappa shape index (κ2) is 6.63. The van der Waals surface area contributed by atoms with Gasteiger partial charge >= 0.3 is 0 Å². The first-order valence-electron chi connectivity index (χ1n) is 5.80. The van der Waals surface area contributed by atoms with Crippen molar-refractivity contribution < 1.29 is 4.74 Å². The molecule has 2 rings (SSSR count). The van der Waals surface area contributed by atoms with Crippen molar-refractivity contribution in [1.29, 1.82) is 5.26 Å². The first-order valence-corrected chi connectivity index (χ1v) is 6.79. The van der Waals surface area contributed by atoms with Gasteiger partial charge in [-0.1, -0.05) is 23.9 Å². The Kier molecular flexibility index (Phi) is 4.63. The molecule has 0 radical (unpaired) electrons. The minimum absolute atomic E-state index is 0.187. The number of nitriles is 1. The summed E-state index contributed by atoms with van der Waals surface area (Å²) in [4.78, 5) is 17.8. The van der Waals surface area contributed by atoms with Gasteiger partial charge in [0.2, 0.25) is 0 Å². The van der Waals surface area contributed by atoms with Crippen LogP contribution in [0, 0.1) is 11.3 Å². The Hall–Kier alpha value is -2.46. The molecule has 0 unspecified atom stereocenters. The maximum atomic E-state index is 11.2. The third-order valence-corrected chi connectivity index (χ3v) is 3.16. The summed E-state index contributed by atoms with van der Waals surface area (Å²) in [5, 5.41) is 9.37. The van der Waals surface area contributed by atoms with E-state index in [0.29, 0.717) is 28.8 Å². The van der Waals surface area contributed by atoms with Crippen molar-refractivity contribution in [3.8, 4) is 11.8 Å². The first-order chi connectivity index (χ1) is 9.69. The second-order valence-corrected chi connectivity index (χ2v) is 4.86. The molecule has 0 saturated carbocycles. The summed E-state index contributed by atoms with van der Waals surface area (Å²) < 4.78 is 5.52. The number of nitrogen functional groups attached to an aromatic ring is 1. The van der Waals surface area contributed by atoms with E-state index in [1.807, 2.05) is 0 Å². The molecule has 102 valence electrons. The molecule has 0 bridgehead atoms. The minimum Gasteiger partial charge on any atom is -0.491 e. The number of aromatic nitrogens is 2. The maximum absolute atomic E-state index is 11.2. The topological polar surface area (TPSA) is 105 Å². The molecule has 0 aliphatic rings. The van der Waals surface area contributed by atoms with E-state index in [9.17, 15) is 4.79 Å². The zero-order chi connectivity index (χ0) is 14.4. The van der Waals surface area contributed by atoms with E-state index in [0.717, 1.165) is 0 Å². The van der Waals surface area contributed by atoms with Gasteiger partial charge in [-0.3, -0.25) is 4.79 Å². The van der Waals surface area contributed by atoms with Gasteiger partial charge < -0.3 is 15.5 Å². The third kappa shape index (κ3) is 3.76. The number of aromatic amines is 1. The average molecular weight is 288 g/mol. The van der Waals surface area contributed by atoms with Gasteiger partial charge in [0, 0.05) is 11.8 Å². The van der Waals surface area contributed by atoms with E-state index in [2.05, 4.69) is 16.0 Å². The first kappa shape index (κ1) is 14.0. The number of thioether (sulfide) groups is 1. The monoisotopic (exact) mass is 288 g/mol. The fourth-order valence-corrected chi connectivity index (χ4v) is 2.20. The van der Waals surface area contributed by atoms with Crippen LogP contribution in [0.15, 0.2) is 40.3 Å². The number of para-hydroxylation sites is 1. The van der Waals surface area contributed by atoms with E-state index < -0.39 is 0 Å². The number of benzene rings is 1. The Labute approximate surface area is 119 Å². The molecule has 0 amide bonds.